The minimum atomic E-state index is -0.416. The Morgan fingerprint density at radius 1 is 0.806 bits per heavy atom. The van der Waals surface area contributed by atoms with Crippen LogP contribution < -0.4 is 19.7 Å². The average Bonchev–Trinajstić information content (AvgIpc) is 3.04. The lowest BCUT2D eigenvalue weighted by atomic mass is 10.0. The summed E-state index contributed by atoms with van der Waals surface area (Å²) in [6.07, 6.45) is 0. The van der Waals surface area contributed by atoms with Crippen molar-refractivity contribution in [3.8, 4) is 11.5 Å². The number of amides is 2. The Bertz CT molecular complexity index is 1200. The van der Waals surface area contributed by atoms with E-state index in [0.29, 0.717) is 41.5 Å². The van der Waals surface area contributed by atoms with Gasteiger partial charge in [-0.15, -0.1) is 0 Å². The molecule has 6 heteroatoms. The molecule has 6 nitrogen and oxygen atoms in total. The average molecular weight is 412 g/mol. The number of aryl methyl sites for hydroxylation is 1. The highest BCUT2D eigenvalue weighted by Gasteiger charge is 2.40. The molecule has 0 atom stereocenters. The fourth-order valence-corrected chi connectivity index (χ4v) is 3.71. The minimum absolute atomic E-state index is 0.245. The Morgan fingerprint density at radius 3 is 2.26 bits per heavy atom. The Kier molecular flexibility index (Phi) is 4.67. The summed E-state index contributed by atoms with van der Waals surface area (Å²) in [5.74, 6) is 0.317. The van der Waals surface area contributed by atoms with Crippen LogP contribution in [0, 0.1) is 6.92 Å². The van der Waals surface area contributed by atoms with Crippen LogP contribution in [0.2, 0.25) is 0 Å². The molecule has 31 heavy (non-hydrogen) atoms. The first kappa shape index (κ1) is 18.9. The number of carbonyl (C=O) groups excluding carboxylic acids is 2. The second kappa shape index (κ2) is 7.65. The number of rotatable bonds is 4. The van der Waals surface area contributed by atoms with Crippen molar-refractivity contribution in [2.75, 3.05) is 23.4 Å². The van der Waals surface area contributed by atoms with Crippen molar-refractivity contribution in [1.82, 2.24) is 0 Å². The summed E-state index contributed by atoms with van der Waals surface area (Å²) >= 11 is 0. The van der Waals surface area contributed by atoms with Crippen molar-refractivity contribution in [2.24, 2.45) is 0 Å². The summed E-state index contributed by atoms with van der Waals surface area (Å²) in [7, 11) is 0. The van der Waals surface area contributed by atoms with Crippen molar-refractivity contribution in [1.29, 1.82) is 0 Å². The number of nitrogens with zero attached hydrogens (tertiary/aromatic N) is 1. The molecule has 0 spiro atoms. The lowest BCUT2D eigenvalue weighted by Gasteiger charge is -2.21. The van der Waals surface area contributed by atoms with Gasteiger partial charge in [0.25, 0.3) is 11.8 Å². The molecule has 0 saturated heterocycles. The number of nitrogens with one attached hydrogen (secondary N) is 1. The highest BCUT2D eigenvalue weighted by atomic mass is 16.6. The molecule has 2 aliphatic heterocycles. The van der Waals surface area contributed by atoms with Gasteiger partial charge in [-0.1, -0.05) is 48.0 Å². The zero-order chi connectivity index (χ0) is 21.4. The largest absolute Gasteiger partial charge is 0.486 e. The molecule has 1 N–H and O–H groups in total. The Morgan fingerprint density at radius 2 is 1.52 bits per heavy atom. The van der Waals surface area contributed by atoms with Crippen molar-refractivity contribution in [3.05, 3.63) is 89.6 Å². The SMILES string of the molecule is Cc1ccc(NC2=C(c3ccccc3)C(=O)N(c3ccc4c(c3)OCCO4)C2=O)cc1. The van der Waals surface area contributed by atoms with Crippen LogP contribution in [-0.2, 0) is 9.59 Å². The fourth-order valence-electron chi connectivity index (χ4n) is 3.71. The smallest absolute Gasteiger partial charge is 0.282 e. The third kappa shape index (κ3) is 3.42. The fraction of sp³-hybridized carbons (Fsp3) is 0.120. The Balaban J connectivity index is 1.57. The molecule has 0 aliphatic carbocycles. The maximum absolute atomic E-state index is 13.5. The van der Waals surface area contributed by atoms with Gasteiger partial charge in [0.05, 0.1) is 11.3 Å². The van der Waals surface area contributed by atoms with E-state index in [2.05, 4.69) is 5.32 Å². The summed E-state index contributed by atoms with van der Waals surface area (Å²) < 4.78 is 11.2. The minimum Gasteiger partial charge on any atom is -0.486 e. The number of hydrogen-bond acceptors (Lipinski definition) is 5. The molecule has 0 fully saturated rings. The predicted molar refractivity (Wildman–Crippen MR) is 118 cm³/mol. The summed E-state index contributed by atoms with van der Waals surface area (Å²) in [6.45, 7) is 2.89. The van der Waals surface area contributed by atoms with Gasteiger partial charge < -0.3 is 14.8 Å². The normalized spacial score (nSPS) is 15.5. The third-order valence-electron chi connectivity index (χ3n) is 5.25. The zero-order valence-electron chi connectivity index (χ0n) is 16.9. The highest BCUT2D eigenvalue weighted by molar-refractivity contribution is 6.46. The molecule has 2 amide bonds. The molecular formula is C25H20N2O4. The topological polar surface area (TPSA) is 67.9 Å². The summed E-state index contributed by atoms with van der Waals surface area (Å²) in [5, 5.41) is 3.17. The molecule has 0 bridgehead atoms. The summed E-state index contributed by atoms with van der Waals surface area (Å²) in [6, 6.07) is 22.0. The van der Waals surface area contributed by atoms with Gasteiger partial charge in [-0.05, 0) is 36.8 Å². The number of hydrogen-bond donors (Lipinski definition) is 1. The van der Waals surface area contributed by atoms with Gasteiger partial charge in [-0.2, -0.15) is 0 Å². The van der Waals surface area contributed by atoms with E-state index in [1.54, 1.807) is 18.2 Å². The molecule has 3 aromatic carbocycles. The first-order valence-electron chi connectivity index (χ1n) is 10.0. The van der Waals surface area contributed by atoms with Crippen molar-refractivity contribution >= 4 is 28.8 Å². The van der Waals surface area contributed by atoms with E-state index in [4.69, 9.17) is 9.47 Å². The number of imide groups is 1. The molecule has 2 heterocycles. The van der Waals surface area contributed by atoms with E-state index >= 15 is 0 Å². The van der Waals surface area contributed by atoms with Gasteiger partial charge in [-0.3, -0.25) is 9.59 Å². The molecule has 0 aromatic heterocycles. The molecular weight excluding hydrogens is 392 g/mol. The van der Waals surface area contributed by atoms with Crippen LogP contribution in [0.25, 0.3) is 5.57 Å². The number of carbonyl (C=O) groups is 2. The first-order chi connectivity index (χ1) is 15.1. The van der Waals surface area contributed by atoms with E-state index in [1.165, 1.54) is 4.90 Å². The van der Waals surface area contributed by atoms with Crippen LogP contribution >= 0.6 is 0 Å². The monoisotopic (exact) mass is 412 g/mol. The maximum atomic E-state index is 13.5. The molecule has 154 valence electrons. The van der Waals surface area contributed by atoms with Gasteiger partial charge in [-0.25, -0.2) is 4.90 Å². The van der Waals surface area contributed by atoms with Crippen LogP contribution in [0.3, 0.4) is 0 Å². The summed E-state index contributed by atoms with van der Waals surface area (Å²) in [4.78, 5) is 28.1. The second-order valence-electron chi connectivity index (χ2n) is 7.38. The molecule has 0 saturated carbocycles. The predicted octanol–water partition coefficient (Wildman–Crippen LogP) is 4.16. The van der Waals surface area contributed by atoms with Gasteiger partial charge in [0.2, 0.25) is 0 Å². The van der Waals surface area contributed by atoms with E-state index in [1.807, 2.05) is 61.5 Å². The molecule has 5 rings (SSSR count). The Hall–Kier alpha value is -4.06. The van der Waals surface area contributed by atoms with Crippen molar-refractivity contribution in [3.63, 3.8) is 0 Å². The summed E-state index contributed by atoms with van der Waals surface area (Å²) in [5.41, 5.74) is 3.54. The quantitative estimate of drug-likeness (QED) is 0.652. The van der Waals surface area contributed by atoms with Crippen LogP contribution in [0.4, 0.5) is 11.4 Å². The zero-order valence-corrected chi connectivity index (χ0v) is 16.9. The van der Waals surface area contributed by atoms with Gasteiger partial charge in [0.1, 0.15) is 18.9 Å². The van der Waals surface area contributed by atoms with Gasteiger partial charge in [0, 0.05) is 11.8 Å². The lowest BCUT2D eigenvalue weighted by Crippen LogP contribution is -2.32. The number of benzene rings is 3. The first-order valence-corrected chi connectivity index (χ1v) is 10.0. The van der Waals surface area contributed by atoms with Crippen LogP contribution in [0.1, 0.15) is 11.1 Å². The highest BCUT2D eigenvalue weighted by Crippen LogP contribution is 2.38. The molecule has 3 aromatic rings. The number of ether oxygens (including phenoxy) is 2. The molecule has 0 unspecified atom stereocenters. The van der Waals surface area contributed by atoms with E-state index < -0.39 is 5.91 Å². The van der Waals surface area contributed by atoms with Crippen LogP contribution in [0.15, 0.2) is 78.5 Å². The standard InChI is InChI=1S/C25H20N2O4/c1-16-7-9-18(10-8-16)26-23-22(17-5-3-2-4-6-17)24(28)27(25(23)29)19-11-12-20-21(15-19)31-14-13-30-20/h2-12,15,26H,13-14H2,1H3. The van der Waals surface area contributed by atoms with Crippen LogP contribution in [0.5, 0.6) is 11.5 Å². The third-order valence-corrected chi connectivity index (χ3v) is 5.25. The van der Waals surface area contributed by atoms with E-state index in [-0.39, 0.29) is 11.6 Å². The Labute approximate surface area is 179 Å². The number of anilines is 2. The van der Waals surface area contributed by atoms with E-state index in [0.717, 1.165) is 11.3 Å². The number of fused-ring (bicyclic) bond motifs is 1. The van der Waals surface area contributed by atoms with Crippen LogP contribution in [-0.4, -0.2) is 25.0 Å². The van der Waals surface area contributed by atoms with Crippen molar-refractivity contribution in [2.45, 2.75) is 6.92 Å². The second-order valence-corrected chi connectivity index (χ2v) is 7.38. The van der Waals surface area contributed by atoms with Gasteiger partial charge in [0.15, 0.2) is 11.5 Å². The van der Waals surface area contributed by atoms with Crippen molar-refractivity contribution < 1.29 is 19.1 Å². The van der Waals surface area contributed by atoms with E-state index in [9.17, 15) is 9.59 Å². The lowest BCUT2D eigenvalue weighted by molar-refractivity contribution is -0.120. The molecule has 0 radical (unpaired) electrons. The molecule has 2 aliphatic rings. The maximum Gasteiger partial charge on any atom is 0.282 e. The van der Waals surface area contributed by atoms with Gasteiger partial charge >= 0.3 is 0 Å².